The first-order chi connectivity index (χ1) is 12.3. The van der Waals surface area contributed by atoms with Gasteiger partial charge in [0, 0.05) is 0 Å². The molecular weight excluding hydrogens is 411 g/mol. The van der Waals surface area contributed by atoms with Crippen LogP contribution in [0.15, 0.2) is 0 Å². The molecule has 2 aliphatic rings. The number of fused-ring (bicyclic) bond motifs is 2. The van der Waals surface area contributed by atoms with Crippen molar-refractivity contribution in [2.45, 2.75) is 57.2 Å². The van der Waals surface area contributed by atoms with E-state index >= 15 is 0 Å². The molecule has 6 unspecified atom stereocenters. The van der Waals surface area contributed by atoms with E-state index in [2.05, 4.69) is 0 Å². The zero-order valence-corrected chi connectivity index (χ0v) is 14.7. The van der Waals surface area contributed by atoms with Crippen molar-refractivity contribution in [1.82, 2.24) is 0 Å². The molecule has 0 amide bonds. The number of rotatable bonds is 4. The normalized spacial score (nSPS) is 33.8. The lowest BCUT2D eigenvalue weighted by molar-refractivity contribution is -0.373. The van der Waals surface area contributed by atoms with Crippen molar-refractivity contribution >= 4 is 5.97 Å². The molecule has 28 heavy (non-hydrogen) atoms. The van der Waals surface area contributed by atoms with Gasteiger partial charge in [-0.15, -0.1) is 0 Å². The summed E-state index contributed by atoms with van der Waals surface area (Å²) in [6.45, 7) is 1.71. The second kappa shape index (κ2) is 6.40. The van der Waals surface area contributed by atoms with Gasteiger partial charge < -0.3 is 10.2 Å². The van der Waals surface area contributed by atoms with E-state index in [1.54, 1.807) is 0 Å². The van der Waals surface area contributed by atoms with Gasteiger partial charge in [0.2, 0.25) is 0 Å². The molecule has 2 N–H and O–H groups in total. The molecule has 3 nitrogen and oxygen atoms in total. The number of carboxylic acids is 1. The van der Waals surface area contributed by atoms with Crippen LogP contribution in [0, 0.1) is 35.0 Å². The van der Waals surface area contributed by atoms with Crippen molar-refractivity contribution < 1.29 is 54.5 Å². The summed E-state index contributed by atoms with van der Waals surface area (Å²) in [6.07, 6.45) is -19.4. The Labute approximate surface area is 153 Å². The van der Waals surface area contributed by atoms with E-state index in [0.717, 1.165) is 0 Å². The standard InChI is InChI=1S/C16H19F9O3/c1-6-9-4-7(10(6)12(2,11(26)27)14(17,18)19)3-8(9)5-13(28,15(20,21)22)16(23,24)25/h6-10,28H,3-5H2,1-2H3,(H,26,27). The zero-order chi connectivity index (χ0) is 22.1. The molecule has 0 radical (unpaired) electrons. The average Bonchev–Trinajstić information content (AvgIpc) is 2.99. The smallest absolute Gasteiger partial charge is 0.426 e. The van der Waals surface area contributed by atoms with E-state index in [-0.39, 0.29) is 6.42 Å². The number of carboxylic acid groups (broad SMARTS) is 1. The molecule has 164 valence electrons. The SMILES string of the molecule is CC1C2CC(CC2CC(O)(C(F)(F)F)C(F)(F)F)C1C(C)(C(=O)O)C(F)(F)F. The Bertz CT molecular complexity index is 608. The van der Waals surface area contributed by atoms with Crippen LogP contribution in [0.4, 0.5) is 39.5 Å². The molecule has 0 aromatic carbocycles. The maximum atomic E-state index is 13.5. The molecule has 6 atom stereocenters. The molecule has 0 saturated heterocycles. The predicted molar refractivity (Wildman–Crippen MR) is 75.8 cm³/mol. The lowest BCUT2D eigenvalue weighted by Gasteiger charge is -2.44. The summed E-state index contributed by atoms with van der Waals surface area (Å²) >= 11 is 0. The predicted octanol–water partition coefficient (Wildman–Crippen LogP) is 4.79. The maximum Gasteiger partial charge on any atom is 0.426 e. The number of aliphatic hydroxyl groups is 1. The van der Waals surface area contributed by atoms with E-state index in [1.165, 1.54) is 6.92 Å². The van der Waals surface area contributed by atoms with Crippen LogP contribution in [0.5, 0.6) is 0 Å². The molecule has 12 heteroatoms. The largest absolute Gasteiger partial charge is 0.481 e. The summed E-state index contributed by atoms with van der Waals surface area (Å²) in [5.74, 6) is -7.99. The number of halogens is 9. The second-order valence-electron chi connectivity index (χ2n) is 8.11. The first-order valence-corrected chi connectivity index (χ1v) is 8.45. The van der Waals surface area contributed by atoms with Gasteiger partial charge in [0.15, 0.2) is 5.41 Å². The molecular formula is C16H19F9O3. The third-order valence-corrected chi connectivity index (χ3v) is 6.73. The van der Waals surface area contributed by atoms with Crippen LogP contribution in [0.2, 0.25) is 0 Å². The zero-order valence-electron chi connectivity index (χ0n) is 14.7. The van der Waals surface area contributed by atoms with Crippen LogP contribution in [0.1, 0.15) is 33.1 Å². The van der Waals surface area contributed by atoms with Crippen LogP contribution in [-0.4, -0.2) is 40.3 Å². The number of hydrogen-bond donors (Lipinski definition) is 2. The lowest BCUT2D eigenvalue weighted by atomic mass is 9.61. The van der Waals surface area contributed by atoms with Crippen LogP contribution < -0.4 is 0 Å². The summed E-state index contributed by atoms with van der Waals surface area (Å²) < 4.78 is 118. The van der Waals surface area contributed by atoms with Crippen molar-refractivity contribution in [3.8, 4) is 0 Å². The third kappa shape index (κ3) is 3.15. The minimum Gasteiger partial charge on any atom is -0.481 e. The highest BCUT2D eigenvalue weighted by Gasteiger charge is 2.73. The fraction of sp³-hybridized carbons (Fsp3) is 0.938. The number of aliphatic carboxylic acids is 1. The average molecular weight is 430 g/mol. The van der Waals surface area contributed by atoms with Gasteiger partial charge >= 0.3 is 24.5 Å². The van der Waals surface area contributed by atoms with E-state index in [0.29, 0.717) is 6.92 Å². The number of hydrogen-bond acceptors (Lipinski definition) is 2. The van der Waals surface area contributed by atoms with Crippen molar-refractivity contribution in [2.24, 2.45) is 35.0 Å². The van der Waals surface area contributed by atoms with Gasteiger partial charge in [0.1, 0.15) is 0 Å². The van der Waals surface area contributed by atoms with Gasteiger partial charge in [-0.05, 0) is 55.8 Å². The summed E-state index contributed by atoms with van der Waals surface area (Å²) in [5, 5.41) is 18.6. The van der Waals surface area contributed by atoms with E-state index < -0.39 is 77.9 Å². The van der Waals surface area contributed by atoms with Crippen LogP contribution in [-0.2, 0) is 4.79 Å². The van der Waals surface area contributed by atoms with Crippen LogP contribution in [0.25, 0.3) is 0 Å². The van der Waals surface area contributed by atoms with Crippen molar-refractivity contribution in [3.05, 3.63) is 0 Å². The Balaban J connectivity index is 2.32. The molecule has 2 saturated carbocycles. The highest BCUT2D eigenvalue weighted by Crippen LogP contribution is 2.65. The first kappa shape index (κ1) is 23.1. The topological polar surface area (TPSA) is 57.5 Å². The van der Waals surface area contributed by atoms with Crippen molar-refractivity contribution in [1.29, 1.82) is 0 Å². The monoisotopic (exact) mass is 430 g/mol. The van der Waals surface area contributed by atoms with Gasteiger partial charge in [0.25, 0.3) is 5.60 Å². The lowest BCUT2D eigenvalue weighted by Crippen LogP contribution is -2.58. The Kier molecular flexibility index (Phi) is 5.27. The fourth-order valence-electron chi connectivity index (χ4n) is 5.29. The van der Waals surface area contributed by atoms with Gasteiger partial charge in [-0.1, -0.05) is 6.92 Å². The number of carbonyl (C=O) groups is 1. The fourth-order valence-corrected chi connectivity index (χ4v) is 5.29. The van der Waals surface area contributed by atoms with E-state index in [4.69, 9.17) is 0 Å². The Hall–Kier alpha value is -1.20. The van der Waals surface area contributed by atoms with Gasteiger partial charge in [0.05, 0.1) is 0 Å². The summed E-state index contributed by atoms with van der Waals surface area (Å²) in [7, 11) is 0. The molecule has 0 spiro atoms. The molecule has 0 heterocycles. The molecule has 2 fully saturated rings. The first-order valence-electron chi connectivity index (χ1n) is 8.45. The molecule has 2 rings (SSSR count). The molecule has 0 aliphatic heterocycles. The van der Waals surface area contributed by atoms with Gasteiger partial charge in [-0.25, -0.2) is 0 Å². The third-order valence-electron chi connectivity index (χ3n) is 6.73. The molecule has 0 aromatic heterocycles. The van der Waals surface area contributed by atoms with Crippen LogP contribution >= 0.6 is 0 Å². The maximum absolute atomic E-state index is 13.5. The van der Waals surface area contributed by atoms with Crippen molar-refractivity contribution in [3.63, 3.8) is 0 Å². The summed E-state index contributed by atoms with van der Waals surface area (Å²) in [4.78, 5) is 11.4. The summed E-state index contributed by atoms with van der Waals surface area (Å²) in [6, 6.07) is 0. The van der Waals surface area contributed by atoms with Gasteiger partial charge in [-0.2, -0.15) is 39.5 Å². The van der Waals surface area contributed by atoms with Crippen LogP contribution in [0.3, 0.4) is 0 Å². The minimum atomic E-state index is -6.00. The van der Waals surface area contributed by atoms with Gasteiger partial charge in [-0.3, -0.25) is 4.79 Å². The molecule has 2 bridgehead atoms. The number of alkyl halides is 9. The highest BCUT2D eigenvalue weighted by molar-refractivity contribution is 5.76. The van der Waals surface area contributed by atoms with E-state index in [9.17, 15) is 54.5 Å². The summed E-state index contributed by atoms with van der Waals surface area (Å²) in [5.41, 5.74) is -8.13. The van der Waals surface area contributed by atoms with Crippen molar-refractivity contribution in [2.75, 3.05) is 0 Å². The Morgan fingerprint density at radius 1 is 0.929 bits per heavy atom. The minimum absolute atomic E-state index is 0.110. The highest BCUT2D eigenvalue weighted by atomic mass is 19.4. The Morgan fingerprint density at radius 3 is 1.71 bits per heavy atom. The molecule has 2 aliphatic carbocycles. The molecule has 0 aromatic rings. The van der Waals surface area contributed by atoms with E-state index in [1.807, 2.05) is 0 Å². The second-order valence-corrected chi connectivity index (χ2v) is 8.11. The quantitative estimate of drug-likeness (QED) is 0.631. The Morgan fingerprint density at radius 2 is 1.39 bits per heavy atom.